The molecule has 0 aliphatic heterocycles. The Labute approximate surface area is 64.2 Å². The maximum atomic E-state index is 5.59. The molecule has 0 atom stereocenters. The number of hydrogen-bond donors (Lipinski definition) is 0. The van der Waals surface area contributed by atoms with Crippen molar-refractivity contribution < 1.29 is 0 Å². The summed E-state index contributed by atoms with van der Waals surface area (Å²) in [6.07, 6.45) is 0. The maximum Gasteiger partial charge on any atom is 0.191 e. The van der Waals surface area contributed by atoms with E-state index in [1.54, 1.807) is 0 Å². The molecule has 0 saturated carbocycles. The Balaban J connectivity index is 2.95. The lowest BCUT2D eigenvalue weighted by molar-refractivity contribution is 0.897. The van der Waals surface area contributed by atoms with E-state index in [4.69, 9.17) is 11.6 Å². The van der Waals surface area contributed by atoms with Crippen LogP contribution in [0.15, 0.2) is 0 Å². The van der Waals surface area contributed by atoms with Gasteiger partial charge in [-0.2, -0.15) is 0 Å². The molecule has 0 aliphatic carbocycles. The summed E-state index contributed by atoms with van der Waals surface area (Å²) in [6.45, 7) is 0. The zero-order valence-corrected chi connectivity index (χ0v) is 6.09. The van der Waals surface area contributed by atoms with Crippen molar-refractivity contribution in [2.75, 3.05) is 0 Å². The number of fused-ring (bicyclic) bond motifs is 1. The van der Waals surface area contributed by atoms with Gasteiger partial charge in [-0.25, -0.2) is 0 Å². The fourth-order valence-corrected chi connectivity index (χ4v) is 1.24. The Morgan fingerprint density at radius 1 is 1.20 bits per heavy atom. The third-order valence-electron chi connectivity index (χ3n) is 0.934. The Hall–Kier alpha value is -0.880. The molecule has 50 valence electrons. The van der Waals surface area contributed by atoms with Gasteiger partial charge < -0.3 is 0 Å². The summed E-state index contributed by atoms with van der Waals surface area (Å²) in [7, 11) is 0. The molecule has 7 heteroatoms. The third kappa shape index (κ3) is 0.729. The Morgan fingerprint density at radius 3 is 2.90 bits per heavy atom. The van der Waals surface area contributed by atoms with Crippen LogP contribution in [0, 0.1) is 0 Å². The molecule has 0 N–H and O–H groups in total. The largest absolute Gasteiger partial charge is 0.191 e. The molecule has 0 spiro atoms. The van der Waals surface area contributed by atoms with Crippen LogP contribution < -0.4 is 0 Å². The highest BCUT2D eigenvalue weighted by atomic mass is 35.5. The summed E-state index contributed by atoms with van der Waals surface area (Å²) in [6, 6.07) is 0. The number of hydrogen-bond acceptors (Lipinski definition) is 6. The van der Waals surface area contributed by atoms with Gasteiger partial charge in [0.15, 0.2) is 15.5 Å². The molecular formula is C3ClN5S. The van der Waals surface area contributed by atoms with Gasteiger partial charge in [0.2, 0.25) is 0 Å². The highest BCUT2D eigenvalue weighted by molar-refractivity contribution is 7.12. The lowest BCUT2D eigenvalue weighted by Crippen LogP contribution is -1.86. The standard InChI is InChI=1S/C3ClN5S/c4-2-1-3(7-8-6-2)10-9-5-1. The quantitative estimate of drug-likeness (QED) is 0.582. The molecule has 10 heavy (non-hydrogen) atoms. The van der Waals surface area contributed by atoms with Crippen LogP contribution in [0.2, 0.25) is 5.15 Å². The monoisotopic (exact) mass is 173 g/mol. The van der Waals surface area contributed by atoms with E-state index in [0.717, 1.165) is 11.5 Å². The summed E-state index contributed by atoms with van der Waals surface area (Å²) in [4.78, 5) is 0.611. The molecule has 5 nitrogen and oxygen atoms in total. The van der Waals surface area contributed by atoms with Gasteiger partial charge in [-0.15, -0.1) is 15.3 Å². The molecule has 0 fully saturated rings. The second-order valence-corrected chi connectivity index (χ2v) is 2.60. The summed E-state index contributed by atoms with van der Waals surface area (Å²) < 4.78 is 3.63. The Kier molecular flexibility index (Phi) is 1.21. The molecular weight excluding hydrogens is 174 g/mol. The van der Waals surface area contributed by atoms with Crippen LogP contribution in [-0.4, -0.2) is 25.0 Å². The maximum absolute atomic E-state index is 5.59. The van der Waals surface area contributed by atoms with Crippen LogP contribution in [0.4, 0.5) is 0 Å². The Bertz CT molecular complexity index is 358. The highest BCUT2D eigenvalue weighted by Crippen LogP contribution is 2.16. The van der Waals surface area contributed by atoms with E-state index in [2.05, 4.69) is 25.0 Å². The van der Waals surface area contributed by atoms with Crippen LogP contribution >= 0.6 is 23.1 Å². The van der Waals surface area contributed by atoms with Crippen molar-refractivity contribution in [1.29, 1.82) is 0 Å². The third-order valence-corrected chi connectivity index (χ3v) is 1.80. The summed E-state index contributed by atoms with van der Waals surface area (Å²) in [5.74, 6) is 0. The van der Waals surface area contributed by atoms with Crippen molar-refractivity contribution in [2.45, 2.75) is 0 Å². The first-order chi connectivity index (χ1) is 4.88. The summed E-state index contributed by atoms with van der Waals surface area (Å²) in [5, 5.41) is 14.5. The van der Waals surface area contributed by atoms with E-state index in [1.807, 2.05) is 0 Å². The normalized spacial score (nSPS) is 10.5. The number of rotatable bonds is 0. The minimum Gasteiger partial charge on any atom is -0.133 e. The molecule has 2 rings (SSSR count). The van der Waals surface area contributed by atoms with Crippen LogP contribution in [0.1, 0.15) is 0 Å². The average molecular weight is 174 g/mol. The van der Waals surface area contributed by atoms with Crippen molar-refractivity contribution >= 4 is 33.5 Å². The average Bonchev–Trinajstić information content (AvgIpc) is 2.36. The fourth-order valence-electron chi connectivity index (χ4n) is 0.531. The van der Waals surface area contributed by atoms with Crippen molar-refractivity contribution in [3.63, 3.8) is 0 Å². The molecule has 2 heterocycles. The zero-order valence-electron chi connectivity index (χ0n) is 4.52. The molecule has 0 aromatic carbocycles. The molecule has 2 aromatic rings. The molecule has 0 saturated heterocycles. The van der Waals surface area contributed by atoms with Gasteiger partial charge in [0.25, 0.3) is 0 Å². The molecule has 0 bridgehead atoms. The van der Waals surface area contributed by atoms with E-state index in [0.29, 0.717) is 10.3 Å². The second kappa shape index (κ2) is 2.06. The number of halogens is 1. The smallest absolute Gasteiger partial charge is 0.133 e. The van der Waals surface area contributed by atoms with Crippen molar-refractivity contribution in [2.24, 2.45) is 0 Å². The van der Waals surface area contributed by atoms with E-state index >= 15 is 0 Å². The molecule has 0 aliphatic rings. The predicted molar refractivity (Wildman–Crippen MR) is 35.8 cm³/mol. The van der Waals surface area contributed by atoms with Gasteiger partial charge in [-0.1, -0.05) is 16.1 Å². The van der Waals surface area contributed by atoms with Crippen molar-refractivity contribution in [3.8, 4) is 0 Å². The van der Waals surface area contributed by atoms with E-state index in [-0.39, 0.29) is 5.15 Å². The van der Waals surface area contributed by atoms with E-state index in [1.165, 1.54) is 0 Å². The molecule has 0 unspecified atom stereocenters. The minimum atomic E-state index is 0.249. The van der Waals surface area contributed by atoms with Crippen molar-refractivity contribution in [3.05, 3.63) is 5.15 Å². The van der Waals surface area contributed by atoms with Gasteiger partial charge >= 0.3 is 0 Å². The van der Waals surface area contributed by atoms with Crippen molar-refractivity contribution in [1.82, 2.24) is 25.0 Å². The van der Waals surface area contributed by atoms with E-state index in [9.17, 15) is 0 Å². The lowest BCUT2D eigenvalue weighted by Gasteiger charge is -1.82. The highest BCUT2D eigenvalue weighted by Gasteiger charge is 2.04. The lowest BCUT2D eigenvalue weighted by atomic mass is 10.6. The predicted octanol–water partition coefficient (Wildman–Crippen LogP) is 0.530. The number of nitrogens with zero attached hydrogens (tertiary/aromatic N) is 5. The van der Waals surface area contributed by atoms with Crippen LogP contribution in [0.25, 0.3) is 10.3 Å². The minimum absolute atomic E-state index is 0.249. The molecule has 0 amide bonds. The van der Waals surface area contributed by atoms with Gasteiger partial charge in [0.05, 0.1) is 0 Å². The van der Waals surface area contributed by atoms with E-state index < -0.39 is 0 Å². The summed E-state index contributed by atoms with van der Waals surface area (Å²) in [5.41, 5.74) is 0.515. The SMILES string of the molecule is Clc1nnnc2snnc12. The van der Waals surface area contributed by atoms with Gasteiger partial charge in [-0.3, -0.25) is 0 Å². The number of aromatic nitrogens is 5. The Morgan fingerprint density at radius 2 is 2.10 bits per heavy atom. The van der Waals surface area contributed by atoms with Gasteiger partial charge in [0, 0.05) is 11.5 Å². The zero-order chi connectivity index (χ0) is 6.97. The first kappa shape index (κ1) is 5.87. The van der Waals surface area contributed by atoms with Crippen LogP contribution in [-0.2, 0) is 0 Å². The first-order valence-corrected chi connectivity index (χ1v) is 3.50. The molecule has 2 aromatic heterocycles. The van der Waals surface area contributed by atoms with Crippen LogP contribution in [0.5, 0.6) is 0 Å². The summed E-state index contributed by atoms with van der Waals surface area (Å²) >= 11 is 6.73. The molecule has 0 radical (unpaired) electrons. The fraction of sp³-hybridized carbons (Fsp3) is 0. The second-order valence-electron chi connectivity index (χ2n) is 1.51. The topological polar surface area (TPSA) is 64.5 Å². The van der Waals surface area contributed by atoms with Gasteiger partial charge in [0.1, 0.15) is 0 Å². The van der Waals surface area contributed by atoms with Crippen LogP contribution in [0.3, 0.4) is 0 Å². The first-order valence-electron chi connectivity index (χ1n) is 2.35. The van der Waals surface area contributed by atoms with Gasteiger partial charge in [-0.05, 0) is 5.21 Å².